The van der Waals surface area contributed by atoms with Crippen molar-refractivity contribution in [3.05, 3.63) is 146 Å². The van der Waals surface area contributed by atoms with Crippen LogP contribution in [0.4, 0.5) is 0 Å². The summed E-state index contributed by atoms with van der Waals surface area (Å²) in [5.41, 5.74) is 0. The van der Waals surface area contributed by atoms with E-state index in [1.807, 2.05) is 0 Å². The predicted octanol–water partition coefficient (Wildman–Crippen LogP) is 23.9. The van der Waals surface area contributed by atoms with Crippen LogP contribution in [0.15, 0.2) is 146 Å². The third-order valence-electron chi connectivity index (χ3n) is 14.3. The summed E-state index contributed by atoms with van der Waals surface area (Å²) in [6.45, 7) is 6.39. The molecule has 0 saturated carbocycles. The number of rotatable bonds is 61. The van der Waals surface area contributed by atoms with Crippen LogP contribution in [-0.4, -0.2) is 37.2 Å². The van der Waals surface area contributed by atoms with Gasteiger partial charge in [0.2, 0.25) is 0 Å². The zero-order valence-corrected chi connectivity index (χ0v) is 53.9. The molecule has 0 fully saturated rings. The van der Waals surface area contributed by atoms with E-state index in [-0.39, 0.29) is 37.5 Å². The number of carbonyl (C=O) groups excluding carboxylic acids is 3. The average molecular weight is 1150 g/mol. The number of allylic oxidation sites excluding steroid dienone is 24. The third kappa shape index (κ3) is 68.0. The van der Waals surface area contributed by atoms with Crippen molar-refractivity contribution in [2.24, 2.45) is 0 Å². The van der Waals surface area contributed by atoms with Gasteiger partial charge in [-0.2, -0.15) is 0 Å². The van der Waals surface area contributed by atoms with Gasteiger partial charge in [-0.1, -0.05) is 308 Å². The lowest BCUT2D eigenvalue weighted by molar-refractivity contribution is -0.167. The van der Waals surface area contributed by atoms with Gasteiger partial charge in [0.05, 0.1) is 0 Å². The second-order valence-corrected chi connectivity index (χ2v) is 22.3. The van der Waals surface area contributed by atoms with Crippen LogP contribution in [-0.2, 0) is 28.6 Å². The summed E-state index contributed by atoms with van der Waals surface area (Å²) in [4.78, 5) is 38.3. The number of unbranched alkanes of at least 4 members (excludes halogenated alkanes) is 26. The minimum Gasteiger partial charge on any atom is -0.462 e. The Morgan fingerprint density at radius 2 is 0.470 bits per heavy atom. The lowest BCUT2D eigenvalue weighted by atomic mass is 10.0. The normalized spacial score (nSPS) is 13.0. The molecule has 0 amide bonds. The standard InChI is InChI=1S/C77H126O6/c1-4-7-10-13-16-19-22-25-28-29-30-31-32-33-34-35-36-37-38-39-40-41-42-43-44-45-46-47-50-52-55-58-61-64-67-70-76(79)82-73-74(83-77(80)71-68-65-62-59-56-53-49-27-24-21-18-15-12-9-6-3)72-81-75(78)69-66-63-60-57-54-51-48-26-23-20-17-14-11-8-5-2/h7,9-10,12,16,18-19,21,25,27-28,30-31,33-34,36-37,39-40,42-43,49,56,59,74H,4-6,8,11,13-15,17,20,22-24,26,29,32,35,38,41,44-48,50-55,57-58,60-73H2,1-3H3/b10-7-,12-9-,19-16-,21-18-,28-25-,31-30-,34-33-,37-36-,40-39-,43-42-,49-27-,59-56-. The molecule has 0 rings (SSSR count). The van der Waals surface area contributed by atoms with Crippen molar-refractivity contribution < 1.29 is 28.6 Å². The van der Waals surface area contributed by atoms with Crippen molar-refractivity contribution in [2.75, 3.05) is 13.2 Å². The molecule has 6 heteroatoms. The zero-order valence-electron chi connectivity index (χ0n) is 53.9. The largest absolute Gasteiger partial charge is 0.462 e. The first-order chi connectivity index (χ1) is 41.0. The molecule has 0 saturated heterocycles. The van der Waals surface area contributed by atoms with Crippen LogP contribution < -0.4 is 0 Å². The van der Waals surface area contributed by atoms with E-state index in [2.05, 4.69) is 167 Å². The van der Waals surface area contributed by atoms with E-state index in [0.717, 1.165) is 135 Å². The maximum atomic E-state index is 12.9. The molecular weight excluding hydrogens is 1020 g/mol. The van der Waals surface area contributed by atoms with Gasteiger partial charge in [-0.15, -0.1) is 0 Å². The van der Waals surface area contributed by atoms with Crippen molar-refractivity contribution in [1.82, 2.24) is 0 Å². The van der Waals surface area contributed by atoms with E-state index in [1.54, 1.807) is 0 Å². The van der Waals surface area contributed by atoms with Crippen molar-refractivity contribution in [2.45, 2.75) is 309 Å². The highest BCUT2D eigenvalue weighted by molar-refractivity contribution is 5.71. The third-order valence-corrected chi connectivity index (χ3v) is 14.3. The lowest BCUT2D eigenvalue weighted by Crippen LogP contribution is -2.30. The second-order valence-electron chi connectivity index (χ2n) is 22.3. The molecule has 470 valence electrons. The lowest BCUT2D eigenvalue weighted by Gasteiger charge is -2.18. The fourth-order valence-corrected chi connectivity index (χ4v) is 9.27. The Kier molecular flexibility index (Phi) is 65.8. The Hall–Kier alpha value is -4.71. The maximum absolute atomic E-state index is 12.9. The van der Waals surface area contributed by atoms with Crippen LogP contribution in [0.25, 0.3) is 0 Å². The van der Waals surface area contributed by atoms with E-state index < -0.39 is 6.10 Å². The first kappa shape index (κ1) is 78.3. The second kappa shape index (κ2) is 69.8. The summed E-state index contributed by atoms with van der Waals surface area (Å²) in [6, 6.07) is 0. The van der Waals surface area contributed by atoms with Gasteiger partial charge in [-0.25, -0.2) is 0 Å². The molecule has 0 bridgehead atoms. The van der Waals surface area contributed by atoms with Gasteiger partial charge in [0.25, 0.3) is 0 Å². The smallest absolute Gasteiger partial charge is 0.306 e. The molecule has 0 spiro atoms. The van der Waals surface area contributed by atoms with Gasteiger partial charge in [0.1, 0.15) is 13.2 Å². The van der Waals surface area contributed by atoms with Gasteiger partial charge in [0, 0.05) is 19.3 Å². The van der Waals surface area contributed by atoms with Gasteiger partial charge in [-0.05, 0) is 122 Å². The SMILES string of the molecule is CC/C=C\C/C=C\C/C=C\C/C=C\C/C=C\C/C=C\C/C=C\C/C=C\CCCCCCCCCCCCC(=O)OCC(COC(=O)CCCCCCCCCCCCCCCCC)OC(=O)CCCC/C=C\C/C=C\C/C=C\C/C=C\CC. The highest BCUT2D eigenvalue weighted by atomic mass is 16.6. The fraction of sp³-hybridized carbons (Fsp3) is 0.649. The van der Waals surface area contributed by atoms with Crippen molar-refractivity contribution in [3.63, 3.8) is 0 Å². The Morgan fingerprint density at radius 1 is 0.253 bits per heavy atom. The van der Waals surface area contributed by atoms with Crippen molar-refractivity contribution in [3.8, 4) is 0 Å². The average Bonchev–Trinajstić information content (AvgIpc) is 3.49. The number of esters is 3. The van der Waals surface area contributed by atoms with E-state index in [1.165, 1.54) is 122 Å². The summed E-state index contributed by atoms with van der Waals surface area (Å²) in [6.07, 6.45) is 100. The summed E-state index contributed by atoms with van der Waals surface area (Å²) in [5.74, 6) is -0.938. The van der Waals surface area contributed by atoms with Crippen LogP contribution >= 0.6 is 0 Å². The molecule has 83 heavy (non-hydrogen) atoms. The molecule has 1 atom stereocenters. The van der Waals surface area contributed by atoms with E-state index in [4.69, 9.17) is 14.2 Å². The van der Waals surface area contributed by atoms with Crippen LogP contribution in [0.2, 0.25) is 0 Å². The molecule has 0 aliphatic heterocycles. The van der Waals surface area contributed by atoms with Crippen LogP contribution in [0.5, 0.6) is 0 Å². The van der Waals surface area contributed by atoms with Gasteiger partial charge >= 0.3 is 17.9 Å². The molecule has 0 aliphatic rings. The van der Waals surface area contributed by atoms with Gasteiger partial charge in [-0.3, -0.25) is 14.4 Å². The van der Waals surface area contributed by atoms with Crippen LogP contribution in [0.3, 0.4) is 0 Å². The molecule has 0 aliphatic carbocycles. The minimum absolute atomic E-state index is 0.0965. The topological polar surface area (TPSA) is 78.9 Å². The molecular formula is C77H126O6. The van der Waals surface area contributed by atoms with E-state index in [9.17, 15) is 14.4 Å². The minimum atomic E-state index is -0.805. The van der Waals surface area contributed by atoms with E-state index >= 15 is 0 Å². The van der Waals surface area contributed by atoms with Crippen molar-refractivity contribution in [1.29, 1.82) is 0 Å². The number of hydrogen-bond acceptors (Lipinski definition) is 6. The Balaban J connectivity index is 4.27. The Morgan fingerprint density at radius 3 is 0.759 bits per heavy atom. The number of carbonyl (C=O) groups is 3. The van der Waals surface area contributed by atoms with Gasteiger partial charge < -0.3 is 14.2 Å². The number of hydrogen-bond donors (Lipinski definition) is 0. The molecule has 1 unspecified atom stereocenters. The van der Waals surface area contributed by atoms with Crippen molar-refractivity contribution >= 4 is 17.9 Å². The summed E-state index contributed by atoms with van der Waals surface area (Å²) >= 11 is 0. The van der Waals surface area contributed by atoms with E-state index in [0.29, 0.717) is 19.3 Å². The molecule has 0 radical (unpaired) electrons. The molecule has 0 heterocycles. The summed E-state index contributed by atoms with van der Waals surface area (Å²) < 4.78 is 16.9. The zero-order chi connectivity index (χ0) is 59.9. The number of ether oxygens (including phenoxy) is 3. The van der Waals surface area contributed by atoms with Gasteiger partial charge in [0.15, 0.2) is 6.10 Å². The first-order valence-electron chi connectivity index (χ1n) is 34.3. The highest BCUT2D eigenvalue weighted by Gasteiger charge is 2.19. The Bertz CT molecular complexity index is 1800. The monoisotopic (exact) mass is 1150 g/mol. The quantitative estimate of drug-likeness (QED) is 0.0261. The summed E-state index contributed by atoms with van der Waals surface area (Å²) in [7, 11) is 0. The predicted molar refractivity (Wildman–Crippen MR) is 362 cm³/mol. The maximum Gasteiger partial charge on any atom is 0.306 e. The fourth-order valence-electron chi connectivity index (χ4n) is 9.27. The summed E-state index contributed by atoms with van der Waals surface area (Å²) in [5, 5.41) is 0. The molecule has 0 aromatic heterocycles. The molecule has 0 aromatic rings. The highest BCUT2D eigenvalue weighted by Crippen LogP contribution is 2.16. The van der Waals surface area contributed by atoms with Crippen LogP contribution in [0, 0.1) is 0 Å². The molecule has 6 nitrogen and oxygen atoms in total. The molecule has 0 aromatic carbocycles. The first-order valence-corrected chi connectivity index (χ1v) is 34.3. The molecule has 0 N–H and O–H groups in total. The Labute approximate surface area is 512 Å². The van der Waals surface area contributed by atoms with Crippen LogP contribution in [0.1, 0.15) is 303 Å².